The molecule has 0 unspecified atom stereocenters. The minimum Gasteiger partial charge on any atom is -0.508 e. The van der Waals surface area contributed by atoms with Crippen LogP contribution in [0.15, 0.2) is 17.0 Å². The summed E-state index contributed by atoms with van der Waals surface area (Å²) < 4.78 is 14.2. The summed E-state index contributed by atoms with van der Waals surface area (Å²) in [7, 11) is 0. The van der Waals surface area contributed by atoms with Gasteiger partial charge in [0.1, 0.15) is 15.9 Å². The van der Waals surface area contributed by atoms with Crippen molar-refractivity contribution in [1.82, 2.24) is 4.90 Å². The summed E-state index contributed by atoms with van der Waals surface area (Å²) in [5, 5.41) is 18.3. The third kappa shape index (κ3) is 3.89. The van der Waals surface area contributed by atoms with Gasteiger partial charge in [0.05, 0.1) is 4.91 Å². The van der Waals surface area contributed by atoms with Crippen molar-refractivity contribution in [1.29, 1.82) is 0 Å². The maximum Gasteiger partial charge on any atom is 0.303 e. The van der Waals surface area contributed by atoms with Gasteiger partial charge in [0.15, 0.2) is 0 Å². The molecular weight excluding hydrogens is 341 g/mol. The lowest BCUT2D eigenvalue weighted by molar-refractivity contribution is -0.137. The lowest BCUT2D eigenvalue weighted by atomic mass is 10.1. The predicted octanol–water partition coefficient (Wildman–Crippen LogP) is 2.91. The van der Waals surface area contributed by atoms with Gasteiger partial charge in [0, 0.05) is 24.1 Å². The molecule has 0 aromatic heterocycles. The van der Waals surface area contributed by atoms with Gasteiger partial charge < -0.3 is 10.2 Å². The van der Waals surface area contributed by atoms with Crippen molar-refractivity contribution in [2.45, 2.75) is 19.8 Å². The van der Waals surface area contributed by atoms with Crippen LogP contribution in [0.5, 0.6) is 5.75 Å². The summed E-state index contributed by atoms with van der Waals surface area (Å²) >= 11 is 6.15. The Labute approximate surface area is 141 Å². The first-order chi connectivity index (χ1) is 10.8. The number of halogens is 1. The highest BCUT2D eigenvalue weighted by atomic mass is 32.2. The first kappa shape index (κ1) is 17.4. The van der Waals surface area contributed by atoms with Crippen molar-refractivity contribution in [2.75, 3.05) is 6.54 Å². The molecule has 0 spiro atoms. The van der Waals surface area contributed by atoms with Crippen LogP contribution in [0.25, 0.3) is 6.08 Å². The van der Waals surface area contributed by atoms with Gasteiger partial charge in [0.2, 0.25) is 0 Å². The number of rotatable bonds is 5. The number of carbonyl (C=O) groups is 2. The molecule has 0 bridgehead atoms. The fourth-order valence-corrected chi connectivity index (χ4v) is 3.36. The Morgan fingerprint density at radius 2 is 2.17 bits per heavy atom. The number of aliphatic carboxylic acids is 1. The number of thiocarbonyl (C=S) groups is 1. The summed E-state index contributed by atoms with van der Waals surface area (Å²) in [6, 6.07) is 2.38. The van der Waals surface area contributed by atoms with E-state index in [0.29, 0.717) is 9.88 Å². The van der Waals surface area contributed by atoms with Gasteiger partial charge in [-0.1, -0.05) is 24.0 Å². The van der Waals surface area contributed by atoms with E-state index in [2.05, 4.69) is 0 Å². The predicted molar refractivity (Wildman–Crippen MR) is 89.6 cm³/mol. The second-order valence-corrected chi connectivity index (χ2v) is 6.61. The third-order valence-corrected chi connectivity index (χ3v) is 4.73. The van der Waals surface area contributed by atoms with Crippen LogP contribution in [-0.2, 0) is 9.59 Å². The molecule has 1 aromatic rings. The molecule has 0 radical (unpaired) electrons. The fraction of sp³-hybridized carbons (Fsp3) is 0.267. The van der Waals surface area contributed by atoms with E-state index in [-0.39, 0.29) is 41.5 Å². The minimum atomic E-state index is -0.941. The Bertz CT molecular complexity index is 718. The Morgan fingerprint density at radius 1 is 1.48 bits per heavy atom. The van der Waals surface area contributed by atoms with Gasteiger partial charge in [-0.25, -0.2) is 4.39 Å². The van der Waals surface area contributed by atoms with E-state index in [1.54, 1.807) is 6.92 Å². The molecule has 2 N–H and O–H groups in total. The molecule has 0 atom stereocenters. The average Bonchev–Trinajstić information content (AvgIpc) is 2.74. The van der Waals surface area contributed by atoms with Gasteiger partial charge in [-0.15, -0.1) is 0 Å². The minimum absolute atomic E-state index is 0.0591. The molecule has 0 aliphatic carbocycles. The summed E-state index contributed by atoms with van der Waals surface area (Å²) in [6.45, 7) is 1.76. The van der Waals surface area contributed by atoms with Crippen LogP contribution < -0.4 is 0 Å². The van der Waals surface area contributed by atoms with Crippen molar-refractivity contribution in [3.05, 3.63) is 34.0 Å². The molecule has 1 aromatic carbocycles. The number of thioether (sulfide) groups is 1. The number of benzene rings is 1. The van der Waals surface area contributed by atoms with Crippen LogP contribution >= 0.6 is 24.0 Å². The largest absolute Gasteiger partial charge is 0.508 e. The zero-order valence-electron chi connectivity index (χ0n) is 12.2. The van der Waals surface area contributed by atoms with Crippen LogP contribution in [0.1, 0.15) is 24.0 Å². The highest BCUT2D eigenvalue weighted by Gasteiger charge is 2.32. The fourth-order valence-electron chi connectivity index (χ4n) is 2.07. The quantitative estimate of drug-likeness (QED) is 0.625. The molecule has 1 amide bonds. The Balaban J connectivity index is 2.22. The Hall–Kier alpha value is -1.93. The first-order valence-electron chi connectivity index (χ1n) is 6.76. The van der Waals surface area contributed by atoms with Gasteiger partial charge >= 0.3 is 5.97 Å². The van der Waals surface area contributed by atoms with Gasteiger partial charge in [0.25, 0.3) is 5.91 Å². The van der Waals surface area contributed by atoms with E-state index >= 15 is 0 Å². The molecular formula is C15H14FNO4S2. The zero-order valence-corrected chi connectivity index (χ0v) is 13.8. The van der Waals surface area contributed by atoms with E-state index in [4.69, 9.17) is 17.3 Å². The summed E-state index contributed by atoms with van der Waals surface area (Å²) in [5.74, 6) is -1.93. The zero-order chi connectivity index (χ0) is 17.1. The summed E-state index contributed by atoms with van der Waals surface area (Å²) in [4.78, 5) is 24.4. The second kappa shape index (κ2) is 7.10. The number of phenolic OH excluding ortho intramolecular Hbond substituents is 1. The lowest BCUT2D eigenvalue weighted by Gasteiger charge is -2.13. The maximum absolute atomic E-state index is 13.9. The van der Waals surface area contributed by atoms with E-state index in [0.717, 1.165) is 17.8 Å². The van der Waals surface area contributed by atoms with Gasteiger partial charge in [-0.3, -0.25) is 14.5 Å². The molecule has 1 aliphatic rings. The molecule has 8 heteroatoms. The van der Waals surface area contributed by atoms with Crippen LogP contribution in [0, 0.1) is 12.7 Å². The van der Waals surface area contributed by atoms with E-state index < -0.39 is 11.8 Å². The number of phenols is 1. The van der Waals surface area contributed by atoms with Crippen molar-refractivity contribution < 1.29 is 24.2 Å². The van der Waals surface area contributed by atoms with Crippen molar-refractivity contribution in [2.24, 2.45) is 0 Å². The number of carboxylic acids is 1. The molecule has 122 valence electrons. The summed E-state index contributed by atoms with van der Waals surface area (Å²) in [6.07, 6.45) is 1.59. The molecule has 1 heterocycles. The SMILES string of the molecule is Cc1c(O)ccc(F)c1/C=C1\SC(=S)N(CCCC(=O)O)C1=O. The van der Waals surface area contributed by atoms with Crippen LogP contribution in [-0.4, -0.2) is 37.9 Å². The molecule has 1 aliphatic heterocycles. The maximum atomic E-state index is 13.9. The number of aromatic hydroxyl groups is 1. The van der Waals surface area contributed by atoms with Crippen molar-refractivity contribution in [3.63, 3.8) is 0 Å². The molecule has 1 saturated heterocycles. The third-order valence-electron chi connectivity index (χ3n) is 3.35. The topological polar surface area (TPSA) is 77.8 Å². The number of hydrogen-bond acceptors (Lipinski definition) is 5. The van der Waals surface area contributed by atoms with E-state index in [1.807, 2.05) is 0 Å². The number of nitrogens with zero attached hydrogens (tertiary/aromatic N) is 1. The number of carbonyl (C=O) groups excluding carboxylic acids is 1. The smallest absolute Gasteiger partial charge is 0.303 e. The molecule has 2 rings (SSSR count). The standard InChI is InChI=1S/C15H14FNO4S2/c1-8-9(10(16)4-5-11(8)18)7-12-14(21)17(15(22)23-12)6-2-3-13(19)20/h4-5,7,18H,2-3,6H2,1H3,(H,19,20)/b12-7-. The molecule has 23 heavy (non-hydrogen) atoms. The molecule has 0 saturated carbocycles. The Kier molecular flexibility index (Phi) is 5.38. The number of hydrogen-bond donors (Lipinski definition) is 2. The van der Waals surface area contributed by atoms with E-state index in [9.17, 15) is 19.1 Å². The average molecular weight is 355 g/mol. The molecule has 5 nitrogen and oxygen atoms in total. The monoisotopic (exact) mass is 355 g/mol. The van der Waals surface area contributed by atoms with Gasteiger partial charge in [-0.2, -0.15) is 0 Å². The Morgan fingerprint density at radius 3 is 2.83 bits per heavy atom. The summed E-state index contributed by atoms with van der Waals surface area (Å²) in [5.41, 5.74) is 0.470. The highest BCUT2D eigenvalue weighted by molar-refractivity contribution is 8.26. The lowest BCUT2D eigenvalue weighted by Crippen LogP contribution is -2.29. The van der Waals surface area contributed by atoms with Crippen LogP contribution in [0.4, 0.5) is 4.39 Å². The first-order valence-corrected chi connectivity index (χ1v) is 7.99. The number of carboxylic acid groups (broad SMARTS) is 1. The van der Waals surface area contributed by atoms with Gasteiger partial charge in [-0.05, 0) is 31.6 Å². The molecule has 1 fully saturated rings. The van der Waals surface area contributed by atoms with Crippen LogP contribution in [0.3, 0.4) is 0 Å². The van der Waals surface area contributed by atoms with Crippen molar-refractivity contribution >= 4 is 46.3 Å². The second-order valence-electron chi connectivity index (χ2n) is 4.94. The number of amides is 1. The van der Waals surface area contributed by atoms with Crippen LogP contribution in [0.2, 0.25) is 0 Å². The normalized spacial score (nSPS) is 16.4. The highest BCUT2D eigenvalue weighted by Crippen LogP contribution is 2.34. The van der Waals surface area contributed by atoms with Crippen molar-refractivity contribution in [3.8, 4) is 5.75 Å². The van der Waals surface area contributed by atoms with E-state index in [1.165, 1.54) is 17.0 Å².